The molecule has 1 heterocycles. The fourth-order valence-corrected chi connectivity index (χ4v) is 2.29. The van der Waals surface area contributed by atoms with E-state index in [4.69, 9.17) is 4.74 Å². The molecule has 0 saturated heterocycles. The Morgan fingerprint density at radius 3 is 2.48 bits per heavy atom. The summed E-state index contributed by atoms with van der Waals surface area (Å²) in [7, 11) is 0. The van der Waals surface area contributed by atoms with Crippen molar-refractivity contribution in [3.8, 4) is 11.8 Å². The minimum Gasteiger partial charge on any atom is -0.489 e. The van der Waals surface area contributed by atoms with Crippen molar-refractivity contribution < 1.29 is 9.13 Å². The van der Waals surface area contributed by atoms with E-state index in [-0.39, 0.29) is 12.4 Å². The van der Waals surface area contributed by atoms with E-state index in [2.05, 4.69) is 11.1 Å². The molecular weight excluding hydrogens is 315 g/mol. The van der Waals surface area contributed by atoms with E-state index in [1.165, 1.54) is 6.07 Å². The van der Waals surface area contributed by atoms with Crippen molar-refractivity contribution in [1.82, 2.24) is 4.98 Å². The summed E-state index contributed by atoms with van der Waals surface area (Å²) in [6.45, 7) is 0.166. The van der Waals surface area contributed by atoms with Crippen LogP contribution in [0, 0.1) is 17.1 Å². The van der Waals surface area contributed by atoms with Crippen LogP contribution in [0.4, 0.5) is 4.39 Å². The molecule has 122 valence electrons. The Bertz CT molecular complexity index is 913. The molecule has 1 aromatic heterocycles. The van der Waals surface area contributed by atoms with Gasteiger partial charge in [-0.1, -0.05) is 36.4 Å². The first-order valence-electron chi connectivity index (χ1n) is 7.76. The van der Waals surface area contributed by atoms with Crippen LogP contribution in [0.3, 0.4) is 0 Å². The summed E-state index contributed by atoms with van der Waals surface area (Å²) in [6.07, 6.45) is 3.42. The first kappa shape index (κ1) is 16.4. The van der Waals surface area contributed by atoms with Crippen LogP contribution in [0.15, 0.2) is 72.9 Å². The molecule has 0 unspecified atom stereocenters. The maximum absolute atomic E-state index is 13.6. The summed E-state index contributed by atoms with van der Waals surface area (Å²) >= 11 is 0. The van der Waals surface area contributed by atoms with Crippen molar-refractivity contribution in [3.63, 3.8) is 0 Å². The van der Waals surface area contributed by atoms with Gasteiger partial charge in [-0.2, -0.15) is 5.26 Å². The summed E-state index contributed by atoms with van der Waals surface area (Å²) in [5, 5.41) is 9.31. The molecule has 0 aliphatic carbocycles. The van der Waals surface area contributed by atoms with Gasteiger partial charge in [0.25, 0.3) is 0 Å². The molecule has 0 aliphatic heterocycles. The summed E-state index contributed by atoms with van der Waals surface area (Å²) < 4.78 is 19.2. The maximum Gasteiger partial charge on any atom is 0.129 e. The molecule has 0 atom stereocenters. The fourth-order valence-electron chi connectivity index (χ4n) is 2.29. The second-order valence-electron chi connectivity index (χ2n) is 5.33. The average molecular weight is 330 g/mol. The van der Waals surface area contributed by atoms with Crippen molar-refractivity contribution in [2.24, 2.45) is 0 Å². The molecule has 0 N–H and O–H groups in total. The Morgan fingerprint density at radius 1 is 1.04 bits per heavy atom. The lowest BCUT2D eigenvalue weighted by molar-refractivity contribution is 0.300. The van der Waals surface area contributed by atoms with Crippen molar-refractivity contribution >= 4 is 11.6 Å². The predicted octanol–water partition coefficient (Wildman–Crippen LogP) is 4.86. The van der Waals surface area contributed by atoms with Crippen molar-refractivity contribution in [2.75, 3.05) is 0 Å². The van der Waals surface area contributed by atoms with Crippen LogP contribution in [0.2, 0.25) is 0 Å². The number of pyridine rings is 1. The highest BCUT2D eigenvalue weighted by molar-refractivity contribution is 5.88. The molecule has 0 bridgehead atoms. The zero-order valence-electron chi connectivity index (χ0n) is 13.4. The van der Waals surface area contributed by atoms with E-state index >= 15 is 0 Å². The molecule has 3 aromatic rings. The lowest BCUT2D eigenvalue weighted by Gasteiger charge is -2.07. The van der Waals surface area contributed by atoms with Gasteiger partial charge in [-0.3, -0.25) is 4.98 Å². The molecule has 3 nitrogen and oxygen atoms in total. The van der Waals surface area contributed by atoms with Gasteiger partial charge in [-0.15, -0.1) is 0 Å². The van der Waals surface area contributed by atoms with E-state index in [0.29, 0.717) is 22.6 Å². The summed E-state index contributed by atoms with van der Waals surface area (Å²) in [4.78, 5) is 4.18. The van der Waals surface area contributed by atoms with Crippen molar-refractivity contribution in [1.29, 1.82) is 5.26 Å². The van der Waals surface area contributed by atoms with Crippen LogP contribution in [0.25, 0.3) is 11.6 Å². The SMILES string of the molecule is N#C/C(=C\c1ccc(OCc2ccccc2F)cc1)c1ccccn1. The molecule has 0 aliphatic rings. The Kier molecular flexibility index (Phi) is 5.18. The van der Waals surface area contributed by atoms with Crippen LogP contribution < -0.4 is 4.74 Å². The zero-order valence-corrected chi connectivity index (χ0v) is 13.4. The van der Waals surface area contributed by atoms with Crippen LogP contribution in [-0.2, 0) is 6.61 Å². The lowest BCUT2D eigenvalue weighted by Crippen LogP contribution is -1.98. The highest BCUT2D eigenvalue weighted by Crippen LogP contribution is 2.19. The number of nitrogens with zero attached hydrogens (tertiary/aromatic N) is 2. The topological polar surface area (TPSA) is 45.9 Å². The maximum atomic E-state index is 13.6. The number of benzene rings is 2. The van der Waals surface area contributed by atoms with Gasteiger partial charge < -0.3 is 4.74 Å². The molecule has 3 rings (SSSR count). The van der Waals surface area contributed by atoms with Gasteiger partial charge in [0.05, 0.1) is 11.3 Å². The third-order valence-electron chi connectivity index (χ3n) is 3.60. The van der Waals surface area contributed by atoms with Gasteiger partial charge in [0.1, 0.15) is 24.2 Å². The highest BCUT2D eigenvalue weighted by Gasteiger charge is 2.03. The van der Waals surface area contributed by atoms with Gasteiger partial charge in [0.15, 0.2) is 0 Å². The number of nitriles is 1. The van der Waals surface area contributed by atoms with E-state index in [0.717, 1.165) is 5.56 Å². The molecule has 0 spiro atoms. The Labute approximate surface area is 145 Å². The van der Waals surface area contributed by atoms with E-state index < -0.39 is 0 Å². The summed E-state index contributed by atoms with van der Waals surface area (Å²) in [5.41, 5.74) is 2.49. The van der Waals surface area contributed by atoms with Gasteiger partial charge in [-0.05, 0) is 42.0 Å². The van der Waals surface area contributed by atoms with Crippen molar-refractivity contribution in [2.45, 2.75) is 6.61 Å². The average Bonchev–Trinajstić information content (AvgIpc) is 2.67. The van der Waals surface area contributed by atoms with Crippen LogP contribution in [-0.4, -0.2) is 4.98 Å². The predicted molar refractivity (Wildman–Crippen MR) is 94.9 cm³/mol. The standard InChI is InChI=1S/C21H15FN2O/c22-20-6-2-1-5-17(20)15-25-19-10-8-16(9-11-19)13-18(14-23)21-7-3-4-12-24-21/h1-13H,15H2/b18-13+. The number of allylic oxidation sites excluding steroid dienone is 1. The zero-order chi connectivity index (χ0) is 17.5. The van der Waals surface area contributed by atoms with E-state index in [1.54, 1.807) is 54.7 Å². The molecule has 0 saturated carbocycles. The lowest BCUT2D eigenvalue weighted by atomic mass is 10.1. The van der Waals surface area contributed by atoms with Crippen LogP contribution in [0.5, 0.6) is 5.75 Å². The first-order valence-corrected chi connectivity index (χ1v) is 7.76. The number of rotatable bonds is 5. The number of hydrogen-bond donors (Lipinski definition) is 0. The quantitative estimate of drug-likeness (QED) is 0.627. The van der Waals surface area contributed by atoms with Crippen LogP contribution in [0.1, 0.15) is 16.8 Å². The number of halogens is 1. The van der Waals surface area contributed by atoms with E-state index in [9.17, 15) is 9.65 Å². The minimum atomic E-state index is -0.281. The number of aromatic nitrogens is 1. The molecule has 0 fully saturated rings. The van der Waals surface area contributed by atoms with E-state index in [1.807, 2.05) is 18.2 Å². The Morgan fingerprint density at radius 2 is 1.80 bits per heavy atom. The minimum absolute atomic E-state index is 0.166. The molecule has 2 aromatic carbocycles. The second kappa shape index (κ2) is 7.89. The first-order chi connectivity index (χ1) is 12.3. The molecule has 25 heavy (non-hydrogen) atoms. The monoisotopic (exact) mass is 330 g/mol. The van der Waals surface area contributed by atoms with Gasteiger partial charge in [-0.25, -0.2) is 4.39 Å². The van der Waals surface area contributed by atoms with Crippen molar-refractivity contribution in [3.05, 3.63) is 95.6 Å². The van der Waals surface area contributed by atoms with Crippen LogP contribution >= 0.6 is 0 Å². The van der Waals surface area contributed by atoms with Gasteiger partial charge >= 0.3 is 0 Å². The summed E-state index contributed by atoms with van der Waals surface area (Å²) in [5.74, 6) is 0.354. The van der Waals surface area contributed by atoms with Gasteiger partial charge in [0.2, 0.25) is 0 Å². The van der Waals surface area contributed by atoms with Gasteiger partial charge in [0, 0.05) is 11.8 Å². The fraction of sp³-hybridized carbons (Fsp3) is 0.0476. The third kappa shape index (κ3) is 4.30. The third-order valence-corrected chi connectivity index (χ3v) is 3.60. The molecule has 0 radical (unpaired) electrons. The number of ether oxygens (including phenoxy) is 1. The normalized spacial score (nSPS) is 11.0. The highest BCUT2D eigenvalue weighted by atomic mass is 19.1. The smallest absolute Gasteiger partial charge is 0.129 e. The summed E-state index contributed by atoms with van der Waals surface area (Å²) in [6, 6.07) is 21.4. The molecule has 0 amide bonds. The molecule has 4 heteroatoms. The molecular formula is C21H15FN2O. The largest absolute Gasteiger partial charge is 0.489 e. The second-order valence-corrected chi connectivity index (χ2v) is 5.33. The number of hydrogen-bond acceptors (Lipinski definition) is 3. The Hall–Kier alpha value is -3.45. The Balaban J connectivity index is 1.71.